The summed E-state index contributed by atoms with van der Waals surface area (Å²) in [7, 11) is 0. The Kier molecular flexibility index (Phi) is 5.32. The maximum atomic E-state index is 11.0. The molecule has 0 saturated carbocycles. The van der Waals surface area contributed by atoms with Gasteiger partial charge in [-0.25, -0.2) is 0 Å². The van der Waals surface area contributed by atoms with Gasteiger partial charge in [0.1, 0.15) is 5.76 Å². The number of anilines is 1. The zero-order valence-corrected chi connectivity index (χ0v) is 20.2. The SMILES string of the molecule is CC1CC2=C(C=CC3(O2)N(CCCCC(=O)O)c2ccc(Cl)cc2C3(C)C)c2ccccc21. The topological polar surface area (TPSA) is 49.8 Å². The molecule has 0 aromatic heterocycles. The standard InChI is InChI=1S/C28H30ClNO3/c1-18-16-25-22(21-9-5-4-8-20(18)21)13-14-28(33-25)27(2,3)23-17-19(29)11-12-24(23)30(28)15-7-6-10-26(31)32/h4-5,8-9,11-14,17-18H,6-7,10,15-16H2,1-3H3,(H,31,32). The summed E-state index contributed by atoms with van der Waals surface area (Å²) >= 11 is 6.42. The van der Waals surface area contributed by atoms with E-state index in [4.69, 9.17) is 21.4 Å². The zero-order chi connectivity index (χ0) is 23.4. The molecule has 2 unspecified atom stereocenters. The zero-order valence-electron chi connectivity index (χ0n) is 19.4. The highest BCUT2D eigenvalue weighted by molar-refractivity contribution is 6.30. The van der Waals surface area contributed by atoms with Gasteiger partial charge in [0.2, 0.25) is 5.72 Å². The number of benzene rings is 2. The summed E-state index contributed by atoms with van der Waals surface area (Å²) < 4.78 is 7.05. The second kappa shape index (κ2) is 7.95. The van der Waals surface area contributed by atoms with E-state index in [-0.39, 0.29) is 11.8 Å². The van der Waals surface area contributed by atoms with Crippen molar-refractivity contribution in [2.75, 3.05) is 11.4 Å². The van der Waals surface area contributed by atoms with Crippen molar-refractivity contribution in [2.24, 2.45) is 0 Å². The van der Waals surface area contributed by atoms with Crippen LogP contribution in [0.25, 0.3) is 5.57 Å². The molecule has 2 aromatic carbocycles. The van der Waals surface area contributed by atoms with E-state index in [0.717, 1.165) is 29.9 Å². The summed E-state index contributed by atoms with van der Waals surface area (Å²) in [6, 6.07) is 14.6. The Labute approximate surface area is 200 Å². The number of ether oxygens (including phenoxy) is 1. The first kappa shape index (κ1) is 22.1. The number of fused-ring (bicyclic) bond motifs is 3. The average molecular weight is 464 g/mol. The highest BCUT2D eigenvalue weighted by atomic mass is 35.5. The molecule has 1 aliphatic carbocycles. The van der Waals surface area contributed by atoms with Crippen LogP contribution in [0.4, 0.5) is 5.69 Å². The second-order valence-corrected chi connectivity index (χ2v) is 10.4. The molecule has 2 atom stereocenters. The number of halogens is 1. The number of hydrogen-bond acceptors (Lipinski definition) is 3. The molecule has 172 valence electrons. The van der Waals surface area contributed by atoms with Crippen LogP contribution in [0.2, 0.25) is 5.02 Å². The van der Waals surface area contributed by atoms with Gasteiger partial charge in [0.05, 0.1) is 5.41 Å². The van der Waals surface area contributed by atoms with E-state index >= 15 is 0 Å². The summed E-state index contributed by atoms with van der Waals surface area (Å²) in [6.07, 6.45) is 6.89. The quantitative estimate of drug-likeness (QED) is 0.490. The Morgan fingerprint density at radius 1 is 1.21 bits per heavy atom. The van der Waals surface area contributed by atoms with Gasteiger partial charge in [0.15, 0.2) is 0 Å². The van der Waals surface area contributed by atoms with Crippen LogP contribution in [-0.2, 0) is 14.9 Å². The lowest BCUT2D eigenvalue weighted by atomic mass is 9.74. The fraction of sp³-hybridized carbons (Fsp3) is 0.393. The van der Waals surface area contributed by atoms with Crippen molar-refractivity contribution in [1.82, 2.24) is 0 Å². The number of carbonyl (C=O) groups is 1. The fourth-order valence-electron chi connectivity index (χ4n) is 5.78. The third-order valence-electron chi connectivity index (χ3n) is 7.57. The van der Waals surface area contributed by atoms with Crippen molar-refractivity contribution in [3.05, 3.63) is 82.1 Å². The molecule has 2 aromatic rings. The number of carboxylic acid groups (broad SMARTS) is 1. The maximum Gasteiger partial charge on any atom is 0.303 e. The largest absolute Gasteiger partial charge is 0.481 e. The van der Waals surface area contributed by atoms with E-state index in [9.17, 15) is 4.79 Å². The summed E-state index contributed by atoms with van der Waals surface area (Å²) in [5.41, 5.74) is 5.02. The molecule has 1 N–H and O–H groups in total. The molecule has 0 radical (unpaired) electrons. The Bertz CT molecular complexity index is 1180. The van der Waals surface area contributed by atoms with Crippen molar-refractivity contribution >= 4 is 28.8 Å². The third kappa shape index (κ3) is 3.38. The molecule has 5 rings (SSSR count). The number of hydrogen-bond donors (Lipinski definition) is 1. The van der Waals surface area contributed by atoms with Crippen LogP contribution in [-0.4, -0.2) is 23.3 Å². The lowest BCUT2D eigenvalue weighted by Gasteiger charge is -2.49. The highest BCUT2D eigenvalue weighted by Gasteiger charge is 2.59. The third-order valence-corrected chi connectivity index (χ3v) is 7.81. The molecule has 0 saturated heterocycles. The normalized spacial score (nSPS) is 24.4. The van der Waals surface area contributed by atoms with E-state index in [0.29, 0.717) is 23.9 Å². The minimum absolute atomic E-state index is 0.179. The molecule has 4 nitrogen and oxygen atoms in total. The molecular weight excluding hydrogens is 434 g/mol. The van der Waals surface area contributed by atoms with Crippen LogP contribution >= 0.6 is 11.6 Å². The fourth-order valence-corrected chi connectivity index (χ4v) is 5.96. The van der Waals surface area contributed by atoms with Crippen LogP contribution < -0.4 is 4.90 Å². The molecule has 33 heavy (non-hydrogen) atoms. The predicted molar refractivity (Wildman–Crippen MR) is 133 cm³/mol. The molecular formula is C28H30ClNO3. The van der Waals surface area contributed by atoms with Crippen molar-refractivity contribution in [3.8, 4) is 0 Å². The Morgan fingerprint density at radius 2 is 2.00 bits per heavy atom. The van der Waals surface area contributed by atoms with Crippen LogP contribution in [0.15, 0.2) is 60.4 Å². The smallest absolute Gasteiger partial charge is 0.303 e. The number of unbranched alkanes of at least 4 members (excludes halogenated alkanes) is 1. The number of aliphatic carboxylic acids is 1. The van der Waals surface area contributed by atoms with Crippen LogP contribution in [0.1, 0.15) is 69.1 Å². The first-order valence-corrected chi connectivity index (χ1v) is 12.1. The summed E-state index contributed by atoms with van der Waals surface area (Å²) in [5, 5.41) is 9.80. The van der Waals surface area contributed by atoms with E-state index in [1.807, 2.05) is 6.07 Å². The first-order valence-electron chi connectivity index (χ1n) is 11.7. The van der Waals surface area contributed by atoms with E-state index in [2.05, 4.69) is 74.2 Å². The van der Waals surface area contributed by atoms with Gasteiger partial charge >= 0.3 is 5.97 Å². The molecule has 5 heteroatoms. The summed E-state index contributed by atoms with van der Waals surface area (Å²) in [6.45, 7) is 7.41. The number of nitrogens with zero attached hydrogens (tertiary/aromatic N) is 1. The molecule has 1 spiro atoms. The van der Waals surface area contributed by atoms with Gasteiger partial charge < -0.3 is 14.7 Å². The second-order valence-electron chi connectivity index (χ2n) is 9.95. The predicted octanol–water partition coefficient (Wildman–Crippen LogP) is 6.89. The van der Waals surface area contributed by atoms with Crippen molar-refractivity contribution in [2.45, 2.75) is 63.5 Å². The van der Waals surface area contributed by atoms with Gasteiger partial charge in [-0.05, 0) is 79.6 Å². The van der Waals surface area contributed by atoms with Crippen LogP contribution in [0.3, 0.4) is 0 Å². The van der Waals surface area contributed by atoms with Crippen molar-refractivity contribution in [1.29, 1.82) is 0 Å². The minimum atomic E-state index is -0.753. The van der Waals surface area contributed by atoms with Crippen molar-refractivity contribution in [3.63, 3.8) is 0 Å². The molecule has 0 bridgehead atoms. The Hall–Kier alpha value is -2.72. The molecule has 2 aliphatic heterocycles. The maximum absolute atomic E-state index is 11.0. The number of allylic oxidation sites excluding steroid dienone is 3. The first-order chi connectivity index (χ1) is 15.7. The van der Waals surface area contributed by atoms with Gasteiger partial charge in [-0.2, -0.15) is 0 Å². The molecule has 2 heterocycles. The van der Waals surface area contributed by atoms with Gasteiger partial charge in [-0.3, -0.25) is 4.79 Å². The summed E-state index contributed by atoms with van der Waals surface area (Å²) in [5.74, 6) is 0.664. The summed E-state index contributed by atoms with van der Waals surface area (Å²) in [4.78, 5) is 13.4. The van der Waals surface area contributed by atoms with Gasteiger partial charge in [0.25, 0.3) is 0 Å². The average Bonchev–Trinajstić information content (AvgIpc) is 2.94. The van der Waals surface area contributed by atoms with Gasteiger partial charge in [-0.15, -0.1) is 0 Å². The highest BCUT2D eigenvalue weighted by Crippen LogP contribution is 2.57. The molecule has 0 fully saturated rings. The monoisotopic (exact) mass is 463 g/mol. The van der Waals surface area contributed by atoms with Gasteiger partial charge in [0, 0.05) is 35.7 Å². The number of rotatable bonds is 5. The van der Waals surface area contributed by atoms with Crippen molar-refractivity contribution < 1.29 is 14.6 Å². The van der Waals surface area contributed by atoms with Gasteiger partial charge in [-0.1, -0.05) is 42.8 Å². The molecule has 3 aliphatic rings. The van der Waals surface area contributed by atoms with Crippen LogP contribution in [0.5, 0.6) is 0 Å². The van der Waals surface area contributed by atoms with E-state index in [1.54, 1.807) is 0 Å². The minimum Gasteiger partial charge on any atom is -0.481 e. The Morgan fingerprint density at radius 3 is 2.79 bits per heavy atom. The number of carboxylic acids is 1. The van der Waals surface area contributed by atoms with Crippen LogP contribution in [0, 0.1) is 0 Å². The Balaban J connectivity index is 1.56. The van der Waals surface area contributed by atoms with E-state index < -0.39 is 11.7 Å². The molecule has 0 amide bonds. The lowest BCUT2D eigenvalue weighted by molar-refractivity contribution is -0.137. The lowest BCUT2D eigenvalue weighted by Crippen LogP contribution is -2.57. The van der Waals surface area contributed by atoms with E-state index in [1.165, 1.54) is 16.7 Å².